The number of rotatable bonds is 6. The van der Waals surface area contributed by atoms with Crippen molar-refractivity contribution in [3.63, 3.8) is 0 Å². The molecule has 0 bridgehead atoms. The Morgan fingerprint density at radius 3 is 2.46 bits per heavy atom. The Bertz CT molecular complexity index is 534. The average molecular weight is 349 g/mol. The molecule has 0 spiro atoms. The van der Waals surface area contributed by atoms with Crippen LogP contribution in [0.25, 0.3) is 0 Å². The van der Waals surface area contributed by atoms with Gasteiger partial charge in [0, 0.05) is 6.61 Å². The van der Waals surface area contributed by atoms with Crippen LogP contribution >= 0.6 is 0 Å². The van der Waals surface area contributed by atoms with E-state index in [0.29, 0.717) is 11.5 Å². The lowest BCUT2D eigenvalue weighted by atomic mass is 10.1. The Balaban J connectivity index is 1.73. The van der Waals surface area contributed by atoms with Crippen molar-refractivity contribution in [2.24, 2.45) is 5.92 Å². The molecule has 2 atom stereocenters. The van der Waals surface area contributed by atoms with E-state index in [1.54, 1.807) is 0 Å². The van der Waals surface area contributed by atoms with Gasteiger partial charge >= 0.3 is 5.97 Å². The van der Waals surface area contributed by atoms with E-state index in [4.69, 9.17) is 9.16 Å². The molecule has 0 aliphatic heterocycles. The van der Waals surface area contributed by atoms with E-state index >= 15 is 0 Å². The second-order valence-corrected chi connectivity index (χ2v) is 13.3. The van der Waals surface area contributed by atoms with Crippen LogP contribution in [0, 0.1) is 5.92 Å². The summed E-state index contributed by atoms with van der Waals surface area (Å²) in [6.07, 6.45) is 4.22. The fourth-order valence-corrected chi connectivity index (χ4v) is 3.95. The fraction of sp³-hybridized carbons (Fsp3) is 0.650. The van der Waals surface area contributed by atoms with Gasteiger partial charge < -0.3 is 9.16 Å². The van der Waals surface area contributed by atoms with Crippen molar-refractivity contribution >= 4 is 14.3 Å². The van der Waals surface area contributed by atoms with Crippen molar-refractivity contribution in [1.82, 2.24) is 0 Å². The zero-order valence-electron chi connectivity index (χ0n) is 15.8. The van der Waals surface area contributed by atoms with Crippen molar-refractivity contribution in [3.8, 4) is 0 Å². The number of hydrogen-bond acceptors (Lipinski definition) is 3. The number of ether oxygens (including phenoxy) is 1. The minimum atomic E-state index is -1.65. The van der Waals surface area contributed by atoms with Crippen molar-refractivity contribution in [2.75, 3.05) is 6.61 Å². The summed E-state index contributed by atoms with van der Waals surface area (Å²) < 4.78 is 11.9. The molecule has 0 aromatic heterocycles. The molecule has 0 saturated heterocycles. The minimum absolute atomic E-state index is 0.0653. The first-order valence-electron chi connectivity index (χ1n) is 9.09. The van der Waals surface area contributed by atoms with E-state index in [9.17, 15) is 4.79 Å². The van der Waals surface area contributed by atoms with Crippen molar-refractivity contribution in [2.45, 2.75) is 70.7 Å². The van der Waals surface area contributed by atoms with Gasteiger partial charge in [0.2, 0.25) is 0 Å². The molecule has 0 radical (unpaired) electrons. The highest BCUT2D eigenvalue weighted by atomic mass is 28.4. The Morgan fingerprint density at radius 2 is 1.83 bits per heavy atom. The summed E-state index contributed by atoms with van der Waals surface area (Å²) in [5.74, 6) is 0.419. The molecule has 0 amide bonds. The summed E-state index contributed by atoms with van der Waals surface area (Å²) in [5, 5.41) is 0.260. The Morgan fingerprint density at radius 1 is 1.17 bits per heavy atom. The van der Waals surface area contributed by atoms with Gasteiger partial charge in [-0.1, -0.05) is 39.0 Å². The molecular formula is C20H32O3Si. The molecule has 1 fully saturated rings. The second-order valence-electron chi connectivity index (χ2n) is 8.47. The minimum Gasteiger partial charge on any atom is -0.459 e. The maximum absolute atomic E-state index is 12.1. The zero-order chi connectivity index (χ0) is 17.8. The van der Waals surface area contributed by atoms with Crippen LogP contribution in [0.2, 0.25) is 18.1 Å². The Kier molecular flexibility index (Phi) is 6.26. The number of esters is 1. The van der Waals surface area contributed by atoms with E-state index < -0.39 is 8.32 Å². The first kappa shape index (κ1) is 19.2. The second kappa shape index (κ2) is 7.83. The summed E-state index contributed by atoms with van der Waals surface area (Å²) >= 11 is 0. The maximum Gasteiger partial charge on any atom is 0.338 e. The maximum atomic E-state index is 12.1. The van der Waals surface area contributed by atoms with Gasteiger partial charge in [-0.15, -0.1) is 0 Å². The molecule has 3 nitrogen and oxygen atoms in total. The SMILES string of the molecule is CC(C)(C)[Si](C)(C)OCC[C@@H]1CC[C@@H](OC(=O)c2ccccc2)C1. The predicted molar refractivity (Wildman–Crippen MR) is 101 cm³/mol. The molecular weight excluding hydrogens is 316 g/mol. The fourth-order valence-electron chi connectivity index (χ4n) is 2.89. The largest absolute Gasteiger partial charge is 0.459 e. The summed E-state index contributed by atoms with van der Waals surface area (Å²) in [6, 6.07) is 9.26. The van der Waals surface area contributed by atoms with Crippen molar-refractivity contribution < 1.29 is 14.0 Å². The first-order chi connectivity index (χ1) is 11.2. The molecule has 0 unspecified atom stereocenters. The Hall–Kier alpha value is -1.13. The van der Waals surface area contributed by atoms with E-state index in [1.165, 1.54) is 0 Å². The van der Waals surface area contributed by atoms with Gasteiger partial charge in [-0.25, -0.2) is 4.79 Å². The topological polar surface area (TPSA) is 35.5 Å². The summed E-state index contributed by atoms with van der Waals surface area (Å²) in [5.41, 5.74) is 0.641. The van der Waals surface area contributed by atoms with Crippen LogP contribution in [0.4, 0.5) is 0 Å². The van der Waals surface area contributed by atoms with Gasteiger partial charge in [0.15, 0.2) is 8.32 Å². The Labute approximate surface area is 147 Å². The van der Waals surface area contributed by atoms with Crippen LogP contribution in [-0.2, 0) is 9.16 Å². The first-order valence-corrected chi connectivity index (χ1v) is 12.0. The summed E-state index contributed by atoms with van der Waals surface area (Å²) in [6.45, 7) is 12.2. The lowest BCUT2D eigenvalue weighted by Gasteiger charge is -2.36. The molecule has 4 heteroatoms. The van der Waals surface area contributed by atoms with E-state index in [2.05, 4.69) is 33.9 Å². The highest BCUT2D eigenvalue weighted by molar-refractivity contribution is 6.74. The third kappa shape index (κ3) is 5.18. The van der Waals surface area contributed by atoms with Gasteiger partial charge in [-0.3, -0.25) is 0 Å². The van der Waals surface area contributed by atoms with Crippen LogP contribution in [0.5, 0.6) is 0 Å². The zero-order valence-corrected chi connectivity index (χ0v) is 16.8. The number of benzene rings is 1. The normalized spacial score (nSPS) is 21.7. The lowest BCUT2D eigenvalue weighted by Crippen LogP contribution is -2.41. The molecule has 1 saturated carbocycles. The van der Waals surface area contributed by atoms with Crippen molar-refractivity contribution in [3.05, 3.63) is 35.9 Å². The van der Waals surface area contributed by atoms with Gasteiger partial charge in [-0.2, -0.15) is 0 Å². The smallest absolute Gasteiger partial charge is 0.338 e. The monoisotopic (exact) mass is 348 g/mol. The lowest BCUT2D eigenvalue weighted by molar-refractivity contribution is 0.0307. The molecule has 1 aliphatic rings. The predicted octanol–water partition coefficient (Wildman–Crippen LogP) is 5.42. The number of carbonyl (C=O) groups is 1. The standard InChI is InChI=1S/C20H32O3Si/c1-20(2,3)24(4,5)22-14-13-16-11-12-18(15-16)23-19(21)17-9-7-6-8-10-17/h6-10,16,18H,11-15H2,1-5H3/t16-,18+/m0/s1. The summed E-state index contributed by atoms with van der Waals surface area (Å²) in [7, 11) is -1.65. The third-order valence-electron chi connectivity index (χ3n) is 5.57. The average Bonchev–Trinajstić information content (AvgIpc) is 2.94. The molecule has 24 heavy (non-hydrogen) atoms. The van der Waals surface area contributed by atoms with E-state index in [-0.39, 0.29) is 17.1 Å². The van der Waals surface area contributed by atoms with Gasteiger partial charge in [-0.05, 0) is 61.9 Å². The highest BCUT2D eigenvalue weighted by Crippen LogP contribution is 2.37. The van der Waals surface area contributed by atoms with Crippen LogP contribution in [0.3, 0.4) is 0 Å². The number of carbonyl (C=O) groups excluding carboxylic acids is 1. The van der Waals surface area contributed by atoms with E-state index in [0.717, 1.165) is 32.3 Å². The van der Waals surface area contributed by atoms with Crippen LogP contribution < -0.4 is 0 Å². The molecule has 1 aromatic rings. The molecule has 2 rings (SSSR count). The van der Waals surface area contributed by atoms with Crippen LogP contribution in [0.1, 0.15) is 56.8 Å². The molecule has 1 aliphatic carbocycles. The van der Waals surface area contributed by atoms with Crippen LogP contribution in [0.15, 0.2) is 30.3 Å². The summed E-state index contributed by atoms with van der Waals surface area (Å²) in [4.78, 5) is 12.1. The molecule has 134 valence electrons. The quantitative estimate of drug-likeness (QED) is 0.508. The molecule has 0 N–H and O–H groups in total. The van der Waals surface area contributed by atoms with E-state index in [1.807, 2.05) is 30.3 Å². The number of hydrogen-bond donors (Lipinski definition) is 0. The molecule has 0 heterocycles. The third-order valence-corrected chi connectivity index (χ3v) is 10.1. The van der Waals surface area contributed by atoms with Gasteiger partial charge in [0.1, 0.15) is 6.10 Å². The molecule has 1 aromatic carbocycles. The van der Waals surface area contributed by atoms with Gasteiger partial charge in [0.05, 0.1) is 5.56 Å². The van der Waals surface area contributed by atoms with Crippen LogP contribution in [-0.4, -0.2) is 27.0 Å². The highest BCUT2D eigenvalue weighted by Gasteiger charge is 2.37. The van der Waals surface area contributed by atoms with Crippen molar-refractivity contribution in [1.29, 1.82) is 0 Å². The van der Waals surface area contributed by atoms with Gasteiger partial charge in [0.25, 0.3) is 0 Å².